The van der Waals surface area contributed by atoms with Gasteiger partial charge in [-0.05, 0) is 25.2 Å². The van der Waals surface area contributed by atoms with Gasteiger partial charge in [-0.15, -0.1) is 0 Å². The Morgan fingerprint density at radius 3 is 1.82 bits per heavy atom. The van der Waals surface area contributed by atoms with Crippen molar-refractivity contribution < 1.29 is 19.4 Å². The van der Waals surface area contributed by atoms with E-state index in [2.05, 4.69) is 13.8 Å². The topological polar surface area (TPSA) is 63.6 Å². The molecule has 0 spiro atoms. The van der Waals surface area contributed by atoms with Crippen molar-refractivity contribution in [2.24, 2.45) is 5.92 Å². The van der Waals surface area contributed by atoms with E-state index in [1.54, 1.807) is 0 Å². The summed E-state index contributed by atoms with van der Waals surface area (Å²) in [5.74, 6) is -0.0893. The molecule has 0 aromatic carbocycles. The van der Waals surface area contributed by atoms with E-state index >= 15 is 0 Å². The first-order valence-electron chi connectivity index (χ1n) is 12.0. The van der Waals surface area contributed by atoms with Crippen LogP contribution in [-0.2, 0) is 14.3 Å². The summed E-state index contributed by atoms with van der Waals surface area (Å²) in [4.78, 5) is 22.3. The molecule has 1 N–H and O–H groups in total. The lowest BCUT2D eigenvalue weighted by molar-refractivity contribution is -0.144. The van der Waals surface area contributed by atoms with E-state index < -0.39 is 5.97 Å². The number of esters is 1. The Kier molecular flexibility index (Phi) is 19.9. The molecule has 4 nitrogen and oxygen atoms in total. The maximum absolute atomic E-state index is 11.9. The molecular formula is C24H46O4. The van der Waals surface area contributed by atoms with Crippen molar-refractivity contribution in [1.29, 1.82) is 0 Å². The molecule has 0 amide bonds. The molecule has 0 heterocycles. The summed E-state index contributed by atoms with van der Waals surface area (Å²) < 4.78 is 5.47. The van der Waals surface area contributed by atoms with Gasteiger partial charge in [-0.1, -0.05) is 97.3 Å². The van der Waals surface area contributed by atoms with Gasteiger partial charge in [0.25, 0.3) is 0 Å². The Labute approximate surface area is 173 Å². The third-order valence-corrected chi connectivity index (χ3v) is 5.49. The number of rotatable bonds is 21. The van der Waals surface area contributed by atoms with Crippen molar-refractivity contribution in [2.45, 2.75) is 129 Å². The zero-order chi connectivity index (χ0) is 20.9. The normalized spacial score (nSPS) is 12.1. The van der Waals surface area contributed by atoms with Crippen LogP contribution in [0.3, 0.4) is 0 Å². The number of hydrogen-bond donors (Lipinski definition) is 1. The molecule has 0 saturated carbocycles. The standard InChI is InChI=1S/C24H46O4/c1-3-5-7-9-13-17-22(16-12-6-4-2)20-21-28-24(27)19-15-11-8-10-14-18-23(25)26/h22H,3-21H2,1-2H3,(H,25,26). The fraction of sp³-hybridized carbons (Fsp3) is 0.917. The molecule has 0 aromatic heterocycles. The van der Waals surface area contributed by atoms with Crippen molar-refractivity contribution in [1.82, 2.24) is 0 Å². The Morgan fingerprint density at radius 2 is 1.18 bits per heavy atom. The first-order valence-corrected chi connectivity index (χ1v) is 12.0. The number of unbranched alkanes of at least 4 members (excludes halogenated alkanes) is 10. The summed E-state index contributed by atoms with van der Waals surface area (Å²) in [6, 6.07) is 0. The van der Waals surface area contributed by atoms with Gasteiger partial charge in [0.15, 0.2) is 0 Å². The molecule has 28 heavy (non-hydrogen) atoms. The van der Waals surface area contributed by atoms with E-state index in [0.717, 1.165) is 38.5 Å². The van der Waals surface area contributed by atoms with Crippen molar-refractivity contribution in [3.05, 3.63) is 0 Å². The van der Waals surface area contributed by atoms with Gasteiger partial charge in [0, 0.05) is 12.8 Å². The maximum atomic E-state index is 11.9. The van der Waals surface area contributed by atoms with Crippen molar-refractivity contribution in [2.75, 3.05) is 6.61 Å². The molecule has 0 fully saturated rings. The van der Waals surface area contributed by atoms with Crippen LogP contribution in [0.2, 0.25) is 0 Å². The van der Waals surface area contributed by atoms with Crippen LogP contribution in [0.4, 0.5) is 0 Å². The van der Waals surface area contributed by atoms with E-state index in [-0.39, 0.29) is 12.4 Å². The van der Waals surface area contributed by atoms with Crippen LogP contribution in [0.15, 0.2) is 0 Å². The summed E-state index contributed by atoms with van der Waals surface area (Å²) in [6.45, 7) is 5.07. The highest BCUT2D eigenvalue weighted by Gasteiger charge is 2.10. The van der Waals surface area contributed by atoms with Crippen LogP contribution in [0, 0.1) is 5.92 Å². The van der Waals surface area contributed by atoms with Crippen LogP contribution in [0.25, 0.3) is 0 Å². The molecule has 0 saturated heterocycles. The number of carboxylic acid groups (broad SMARTS) is 1. The Balaban J connectivity index is 3.77. The summed E-state index contributed by atoms with van der Waals surface area (Å²) in [6.07, 6.45) is 19.3. The van der Waals surface area contributed by atoms with Crippen LogP contribution in [0.1, 0.15) is 129 Å². The van der Waals surface area contributed by atoms with E-state index in [4.69, 9.17) is 9.84 Å². The number of carboxylic acids is 1. The number of carbonyl (C=O) groups is 2. The van der Waals surface area contributed by atoms with Gasteiger partial charge in [-0.3, -0.25) is 9.59 Å². The first-order chi connectivity index (χ1) is 13.6. The second kappa shape index (κ2) is 20.7. The highest BCUT2D eigenvalue weighted by Crippen LogP contribution is 2.21. The zero-order valence-corrected chi connectivity index (χ0v) is 18.7. The molecule has 0 radical (unpaired) electrons. The Hall–Kier alpha value is -1.06. The molecule has 0 bridgehead atoms. The third kappa shape index (κ3) is 19.7. The number of ether oxygens (including phenoxy) is 1. The van der Waals surface area contributed by atoms with E-state index in [0.29, 0.717) is 18.9 Å². The second-order valence-corrected chi connectivity index (χ2v) is 8.24. The average Bonchev–Trinajstić information content (AvgIpc) is 2.66. The largest absolute Gasteiger partial charge is 0.481 e. The minimum atomic E-state index is -0.725. The number of carbonyl (C=O) groups excluding carboxylic acids is 1. The lowest BCUT2D eigenvalue weighted by Gasteiger charge is -2.17. The van der Waals surface area contributed by atoms with Gasteiger partial charge in [0.05, 0.1) is 6.61 Å². The van der Waals surface area contributed by atoms with Gasteiger partial charge in [-0.25, -0.2) is 0 Å². The predicted molar refractivity (Wildman–Crippen MR) is 117 cm³/mol. The molecule has 166 valence electrons. The van der Waals surface area contributed by atoms with E-state index in [9.17, 15) is 9.59 Å². The molecule has 0 aliphatic heterocycles. The average molecular weight is 399 g/mol. The first kappa shape index (κ1) is 26.9. The Morgan fingerprint density at radius 1 is 0.679 bits per heavy atom. The fourth-order valence-electron chi connectivity index (χ4n) is 3.64. The monoisotopic (exact) mass is 398 g/mol. The summed E-state index contributed by atoms with van der Waals surface area (Å²) >= 11 is 0. The van der Waals surface area contributed by atoms with Crippen LogP contribution in [-0.4, -0.2) is 23.7 Å². The van der Waals surface area contributed by atoms with Gasteiger partial charge in [0.1, 0.15) is 0 Å². The molecule has 0 rings (SSSR count). The van der Waals surface area contributed by atoms with Gasteiger partial charge >= 0.3 is 11.9 Å². The predicted octanol–water partition coefficient (Wildman–Crippen LogP) is 7.29. The summed E-state index contributed by atoms with van der Waals surface area (Å²) in [5.41, 5.74) is 0. The van der Waals surface area contributed by atoms with Gasteiger partial charge in [0.2, 0.25) is 0 Å². The van der Waals surface area contributed by atoms with Crippen molar-refractivity contribution in [3.8, 4) is 0 Å². The highest BCUT2D eigenvalue weighted by molar-refractivity contribution is 5.69. The molecule has 0 aliphatic rings. The minimum absolute atomic E-state index is 0.0687. The zero-order valence-electron chi connectivity index (χ0n) is 18.7. The lowest BCUT2D eigenvalue weighted by Crippen LogP contribution is -2.10. The Bertz CT molecular complexity index is 368. The number of hydrogen-bond acceptors (Lipinski definition) is 3. The molecule has 0 aliphatic carbocycles. The van der Waals surface area contributed by atoms with Crippen molar-refractivity contribution in [3.63, 3.8) is 0 Å². The quantitative estimate of drug-likeness (QED) is 0.163. The van der Waals surface area contributed by atoms with Gasteiger partial charge < -0.3 is 9.84 Å². The minimum Gasteiger partial charge on any atom is -0.481 e. The van der Waals surface area contributed by atoms with Crippen LogP contribution in [0.5, 0.6) is 0 Å². The van der Waals surface area contributed by atoms with Crippen LogP contribution >= 0.6 is 0 Å². The van der Waals surface area contributed by atoms with E-state index in [1.807, 2.05) is 0 Å². The molecule has 4 heteroatoms. The van der Waals surface area contributed by atoms with E-state index in [1.165, 1.54) is 64.2 Å². The van der Waals surface area contributed by atoms with Gasteiger partial charge in [-0.2, -0.15) is 0 Å². The lowest BCUT2D eigenvalue weighted by atomic mass is 9.92. The smallest absolute Gasteiger partial charge is 0.305 e. The summed E-state index contributed by atoms with van der Waals surface area (Å²) in [5, 5.41) is 8.59. The SMILES string of the molecule is CCCCCCCC(CCCCC)CCOC(=O)CCCCCCCC(=O)O. The maximum Gasteiger partial charge on any atom is 0.305 e. The molecule has 1 unspecified atom stereocenters. The fourth-order valence-corrected chi connectivity index (χ4v) is 3.64. The summed E-state index contributed by atoms with van der Waals surface area (Å²) in [7, 11) is 0. The highest BCUT2D eigenvalue weighted by atomic mass is 16.5. The molecular weight excluding hydrogens is 352 g/mol. The third-order valence-electron chi connectivity index (χ3n) is 5.49. The van der Waals surface area contributed by atoms with Crippen molar-refractivity contribution >= 4 is 11.9 Å². The molecule has 1 atom stereocenters. The second-order valence-electron chi connectivity index (χ2n) is 8.24. The van der Waals surface area contributed by atoms with Crippen LogP contribution < -0.4 is 0 Å². The number of aliphatic carboxylic acids is 1. The molecule has 0 aromatic rings.